The number of benzene rings is 1. The molecule has 0 radical (unpaired) electrons. The second-order valence-electron chi connectivity index (χ2n) is 3.60. The van der Waals surface area contributed by atoms with Gasteiger partial charge in [-0.15, -0.1) is 11.6 Å². The first-order valence-corrected chi connectivity index (χ1v) is 5.99. The van der Waals surface area contributed by atoms with Crippen LogP contribution in [0.15, 0.2) is 24.3 Å². The van der Waals surface area contributed by atoms with Gasteiger partial charge in [0, 0.05) is 28.6 Å². The maximum atomic E-state index is 5.85. The van der Waals surface area contributed by atoms with Gasteiger partial charge < -0.3 is 4.98 Å². The van der Waals surface area contributed by atoms with Crippen molar-refractivity contribution in [3.63, 3.8) is 0 Å². The number of rotatable bonds is 3. The van der Waals surface area contributed by atoms with Crippen LogP contribution in [-0.4, -0.2) is 15.8 Å². The highest BCUT2D eigenvalue weighted by Crippen LogP contribution is 2.23. The lowest BCUT2D eigenvalue weighted by Gasteiger charge is -1.98. The molecule has 1 heterocycles. The lowest BCUT2D eigenvalue weighted by molar-refractivity contribution is 0.988. The number of alkyl halides is 1. The molecule has 0 unspecified atom stereocenters. The third-order valence-corrected chi connectivity index (χ3v) is 2.82. The standard InChI is InChI=1S/C12H12Cl2N2/c1-8-12(16-11(15-8)6-7-13)9-2-4-10(14)5-3-9/h2-5H,6-7H2,1H3,(H,15,16). The van der Waals surface area contributed by atoms with Crippen molar-refractivity contribution in [1.29, 1.82) is 0 Å². The maximum Gasteiger partial charge on any atom is 0.108 e. The van der Waals surface area contributed by atoms with Crippen LogP contribution in [0.5, 0.6) is 0 Å². The number of aromatic nitrogens is 2. The maximum absolute atomic E-state index is 5.85. The molecule has 2 rings (SSSR count). The van der Waals surface area contributed by atoms with Crippen molar-refractivity contribution in [2.75, 3.05) is 5.88 Å². The van der Waals surface area contributed by atoms with E-state index in [4.69, 9.17) is 23.2 Å². The van der Waals surface area contributed by atoms with Crippen LogP contribution < -0.4 is 0 Å². The first kappa shape index (κ1) is 11.5. The SMILES string of the molecule is Cc1[nH]c(CCCl)nc1-c1ccc(Cl)cc1. The van der Waals surface area contributed by atoms with E-state index in [1.54, 1.807) is 0 Å². The first-order chi connectivity index (χ1) is 7.70. The molecule has 2 nitrogen and oxygen atoms in total. The van der Waals surface area contributed by atoms with Crippen molar-refractivity contribution < 1.29 is 0 Å². The Labute approximate surface area is 105 Å². The smallest absolute Gasteiger partial charge is 0.108 e. The number of nitrogens with one attached hydrogen (secondary N) is 1. The molecule has 0 fully saturated rings. The van der Waals surface area contributed by atoms with Gasteiger partial charge in [0.05, 0.1) is 5.69 Å². The van der Waals surface area contributed by atoms with Crippen LogP contribution in [0.25, 0.3) is 11.3 Å². The topological polar surface area (TPSA) is 28.7 Å². The number of hydrogen-bond donors (Lipinski definition) is 1. The van der Waals surface area contributed by atoms with Crippen molar-refractivity contribution in [3.8, 4) is 11.3 Å². The summed E-state index contributed by atoms with van der Waals surface area (Å²) in [7, 11) is 0. The fourth-order valence-corrected chi connectivity index (χ4v) is 1.92. The fraction of sp³-hybridized carbons (Fsp3) is 0.250. The number of H-pyrrole nitrogens is 1. The Balaban J connectivity index is 2.36. The predicted molar refractivity (Wildman–Crippen MR) is 68.2 cm³/mol. The van der Waals surface area contributed by atoms with Gasteiger partial charge in [-0.3, -0.25) is 0 Å². The summed E-state index contributed by atoms with van der Waals surface area (Å²) in [5.74, 6) is 1.50. The number of imidazole rings is 1. The largest absolute Gasteiger partial charge is 0.346 e. The molecule has 0 aliphatic carbocycles. The molecule has 84 valence electrons. The van der Waals surface area contributed by atoms with Crippen molar-refractivity contribution >= 4 is 23.2 Å². The zero-order valence-electron chi connectivity index (χ0n) is 8.93. The number of aryl methyl sites for hydroxylation is 2. The van der Waals surface area contributed by atoms with Crippen LogP contribution in [0.4, 0.5) is 0 Å². The Morgan fingerprint density at radius 2 is 1.94 bits per heavy atom. The van der Waals surface area contributed by atoms with Crippen LogP contribution in [-0.2, 0) is 6.42 Å². The van der Waals surface area contributed by atoms with Crippen molar-refractivity contribution in [2.45, 2.75) is 13.3 Å². The summed E-state index contributed by atoms with van der Waals surface area (Å²) >= 11 is 11.5. The van der Waals surface area contributed by atoms with Gasteiger partial charge in [-0.1, -0.05) is 23.7 Å². The molecule has 1 N–H and O–H groups in total. The zero-order valence-corrected chi connectivity index (χ0v) is 10.4. The van der Waals surface area contributed by atoms with E-state index in [1.807, 2.05) is 31.2 Å². The van der Waals surface area contributed by atoms with E-state index in [1.165, 1.54) is 0 Å². The molecule has 0 aliphatic rings. The average molecular weight is 255 g/mol. The van der Waals surface area contributed by atoms with Crippen LogP contribution in [0.1, 0.15) is 11.5 Å². The van der Waals surface area contributed by atoms with Gasteiger partial charge in [-0.2, -0.15) is 0 Å². The Morgan fingerprint density at radius 1 is 1.25 bits per heavy atom. The van der Waals surface area contributed by atoms with Gasteiger partial charge in [0.2, 0.25) is 0 Å². The number of halogens is 2. The van der Waals surface area contributed by atoms with E-state index in [0.717, 1.165) is 34.2 Å². The molecule has 4 heteroatoms. The molecule has 0 spiro atoms. The molecule has 1 aromatic carbocycles. The van der Waals surface area contributed by atoms with Gasteiger partial charge in [-0.25, -0.2) is 4.98 Å². The highest BCUT2D eigenvalue weighted by molar-refractivity contribution is 6.30. The van der Waals surface area contributed by atoms with Gasteiger partial charge in [0.1, 0.15) is 5.82 Å². The molecule has 1 aromatic heterocycles. The Kier molecular flexibility index (Phi) is 3.52. The lowest BCUT2D eigenvalue weighted by atomic mass is 10.1. The molecular formula is C12H12Cl2N2. The third-order valence-electron chi connectivity index (χ3n) is 2.38. The minimum Gasteiger partial charge on any atom is -0.346 e. The Morgan fingerprint density at radius 3 is 2.56 bits per heavy atom. The summed E-state index contributed by atoms with van der Waals surface area (Å²) in [6, 6.07) is 7.67. The molecule has 0 saturated heterocycles. The van der Waals surface area contributed by atoms with Gasteiger partial charge in [0.25, 0.3) is 0 Å². The first-order valence-electron chi connectivity index (χ1n) is 5.08. The molecule has 16 heavy (non-hydrogen) atoms. The van der Waals surface area contributed by atoms with E-state index in [0.29, 0.717) is 5.88 Å². The predicted octanol–water partition coefficient (Wildman–Crippen LogP) is 3.82. The Bertz CT molecular complexity index is 474. The molecular weight excluding hydrogens is 243 g/mol. The van der Waals surface area contributed by atoms with Crippen molar-refractivity contribution in [2.24, 2.45) is 0 Å². The van der Waals surface area contributed by atoms with Crippen LogP contribution >= 0.6 is 23.2 Å². The van der Waals surface area contributed by atoms with E-state index in [2.05, 4.69) is 9.97 Å². The minimum absolute atomic E-state index is 0.576. The van der Waals surface area contributed by atoms with Gasteiger partial charge >= 0.3 is 0 Å². The number of aromatic amines is 1. The normalized spacial score (nSPS) is 10.7. The summed E-state index contributed by atoms with van der Waals surface area (Å²) < 4.78 is 0. The zero-order chi connectivity index (χ0) is 11.5. The number of nitrogens with zero attached hydrogens (tertiary/aromatic N) is 1. The molecule has 0 amide bonds. The quantitative estimate of drug-likeness (QED) is 0.830. The van der Waals surface area contributed by atoms with E-state index >= 15 is 0 Å². The fourth-order valence-electron chi connectivity index (χ4n) is 1.62. The summed E-state index contributed by atoms with van der Waals surface area (Å²) in [4.78, 5) is 7.75. The van der Waals surface area contributed by atoms with Gasteiger partial charge in [-0.05, 0) is 19.1 Å². The summed E-state index contributed by atoms with van der Waals surface area (Å²) in [5.41, 5.74) is 3.10. The average Bonchev–Trinajstić information content (AvgIpc) is 2.61. The second kappa shape index (κ2) is 4.89. The van der Waals surface area contributed by atoms with Crippen molar-refractivity contribution in [1.82, 2.24) is 9.97 Å². The van der Waals surface area contributed by atoms with Crippen molar-refractivity contribution in [3.05, 3.63) is 40.8 Å². The third kappa shape index (κ3) is 2.39. The van der Waals surface area contributed by atoms with E-state index in [9.17, 15) is 0 Å². The monoisotopic (exact) mass is 254 g/mol. The van der Waals surface area contributed by atoms with Crippen LogP contribution in [0.2, 0.25) is 5.02 Å². The van der Waals surface area contributed by atoms with Gasteiger partial charge in [0.15, 0.2) is 0 Å². The molecule has 0 atom stereocenters. The molecule has 0 saturated carbocycles. The summed E-state index contributed by atoms with van der Waals surface area (Å²) in [6.45, 7) is 2.01. The van der Waals surface area contributed by atoms with E-state index in [-0.39, 0.29) is 0 Å². The highest BCUT2D eigenvalue weighted by Gasteiger charge is 2.08. The molecule has 0 aliphatic heterocycles. The van der Waals surface area contributed by atoms with Crippen LogP contribution in [0.3, 0.4) is 0 Å². The Hall–Kier alpha value is -0.990. The summed E-state index contributed by atoms with van der Waals surface area (Å²) in [6.07, 6.45) is 0.760. The number of hydrogen-bond acceptors (Lipinski definition) is 1. The lowest BCUT2D eigenvalue weighted by Crippen LogP contribution is -1.88. The molecule has 2 aromatic rings. The highest BCUT2D eigenvalue weighted by atomic mass is 35.5. The molecule has 0 bridgehead atoms. The van der Waals surface area contributed by atoms with Crippen LogP contribution in [0, 0.1) is 6.92 Å². The minimum atomic E-state index is 0.576. The second-order valence-corrected chi connectivity index (χ2v) is 4.42. The summed E-state index contributed by atoms with van der Waals surface area (Å²) in [5, 5.41) is 0.734. The van der Waals surface area contributed by atoms with E-state index < -0.39 is 0 Å².